The molecule has 0 radical (unpaired) electrons. The first-order chi connectivity index (χ1) is 7.19. The fraction of sp³-hybridized carbons (Fsp3) is 0.111. The van der Waals surface area contributed by atoms with Gasteiger partial charge in [0.2, 0.25) is 5.69 Å². The van der Waals surface area contributed by atoms with Crippen molar-refractivity contribution in [2.24, 2.45) is 0 Å². The summed E-state index contributed by atoms with van der Waals surface area (Å²) >= 11 is 3.88. The highest BCUT2D eigenvalue weighted by atomic mass is 32.1. The van der Waals surface area contributed by atoms with Gasteiger partial charge >= 0.3 is 5.69 Å². The zero-order valence-corrected chi connectivity index (χ0v) is 8.36. The Morgan fingerprint density at radius 1 is 1.67 bits per heavy atom. The number of pyridine rings is 1. The maximum atomic E-state index is 10.6. The van der Waals surface area contributed by atoms with Crippen LogP contribution in [-0.4, -0.2) is 15.7 Å². The largest absolute Gasteiger partial charge is 0.306 e. The summed E-state index contributed by atoms with van der Waals surface area (Å²) in [7, 11) is 0. The van der Waals surface area contributed by atoms with Gasteiger partial charge in [0.25, 0.3) is 0 Å². The Labute approximate surface area is 91.3 Å². The average Bonchev–Trinajstić information content (AvgIpc) is 2.25. The molecule has 0 aliphatic carbocycles. The van der Waals surface area contributed by atoms with Crippen LogP contribution in [0.2, 0.25) is 0 Å². The summed E-state index contributed by atoms with van der Waals surface area (Å²) in [6.07, 6.45) is 1.32. The lowest BCUT2D eigenvalue weighted by Gasteiger charge is -1.94. The highest BCUT2D eigenvalue weighted by Crippen LogP contribution is 2.16. The minimum atomic E-state index is -0.655. The van der Waals surface area contributed by atoms with E-state index >= 15 is 0 Å². The molecule has 0 unspecified atom stereocenters. The van der Waals surface area contributed by atoms with Gasteiger partial charge in [-0.25, -0.2) is 4.98 Å². The summed E-state index contributed by atoms with van der Waals surface area (Å²) in [5.41, 5.74) is -0.144. The van der Waals surface area contributed by atoms with Crippen LogP contribution in [0.25, 0.3) is 0 Å². The minimum Gasteiger partial charge on any atom is -0.258 e. The zero-order valence-electron chi connectivity index (χ0n) is 7.47. The van der Waals surface area contributed by atoms with Crippen molar-refractivity contribution in [1.82, 2.24) is 4.98 Å². The molecule has 0 spiro atoms. The highest BCUT2D eigenvalue weighted by Gasteiger charge is 2.14. The van der Waals surface area contributed by atoms with Gasteiger partial charge in [0, 0.05) is 17.8 Å². The molecule has 0 atom stereocenters. The molecule has 0 saturated heterocycles. The molecule has 0 aromatic carbocycles. The molecule has 0 amide bonds. The fourth-order valence-electron chi connectivity index (χ4n) is 0.888. The van der Waals surface area contributed by atoms with Crippen molar-refractivity contribution in [3.8, 4) is 17.9 Å². The topological polar surface area (TPSA) is 79.8 Å². The van der Waals surface area contributed by atoms with Crippen LogP contribution in [0.15, 0.2) is 12.3 Å². The van der Waals surface area contributed by atoms with E-state index in [4.69, 9.17) is 5.26 Å². The Bertz CT molecular complexity index is 496. The van der Waals surface area contributed by atoms with E-state index in [0.29, 0.717) is 11.3 Å². The number of aromatic nitrogens is 1. The third-order valence-electron chi connectivity index (χ3n) is 1.48. The van der Waals surface area contributed by atoms with Crippen LogP contribution in [0, 0.1) is 33.3 Å². The molecule has 0 N–H and O–H groups in total. The predicted octanol–water partition coefficient (Wildman–Crippen LogP) is 1.14. The Hall–Kier alpha value is -2.05. The lowest BCUT2D eigenvalue weighted by atomic mass is 10.2. The molecule has 0 aliphatic heterocycles. The summed E-state index contributed by atoms with van der Waals surface area (Å²) in [6, 6.07) is 2.87. The average molecular weight is 219 g/mol. The molecule has 1 aromatic rings. The van der Waals surface area contributed by atoms with E-state index < -0.39 is 4.92 Å². The van der Waals surface area contributed by atoms with Crippen LogP contribution in [0.1, 0.15) is 11.3 Å². The van der Waals surface area contributed by atoms with Gasteiger partial charge in [-0.1, -0.05) is 11.8 Å². The number of nitrogens with zero attached hydrogens (tertiary/aromatic N) is 3. The first kappa shape index (κ1) is 11.0. The van der Waals surface area contributed by atoms with Gasteiger partial charge in [0.15, 0.2) is 0 Å². The van der Waals surface area contributed by atoms with Crippen LogP contribution >= 0.6 is 12.6 Å². The number of nitro groups is 1. The summed E-state index contributed by atoms with van der Waals surface area (Å²) in [5.74, 6) is 5.63. The fourth-order valence-corrected chi connectivity index (χ4v) is 0.967. The van der Waals surface area contributed by atoms with Crippen molar-refractivity contribution in [3.63, 3.8) is 0 Å². The standard InChI is InChI=1S/C9H5N3O2S/c10-5-8-9(12(13)14)4-7(6-11-8)2-1-3-15/h4,6,15H,3H2. The lowest BCUT2D eigenvalue weighted by Crippen LogP contribution is -1.95. The molecule has 1 heterocycles. The Morgan fingerprint density at radius 3 is 2.93 bits per heavy atom. The maximum absolute atomic E-state index is 10.6. The van der Waals surface area contributed by atoms with Gasteiger partial charge in [0.1, 0.15) is 6.07 Å². The Balaban J connectivity index is 3.23. The van der Waals surface area contributed by atoms with Crippen molar-refractivity contribution in [3.05, 3.63) is 33.6 Å². The van der Waals surface area contributed by atoms with Crippen LogP contribution in [0.5, 0.6) is 0 Å². The SMILES string of the molecule is N#Cc1ncc(C#CCS)cc1[N+](=O)[O-]. The molecule has 74 valence electrons. The van der Waals surface area contributed by atoms with Gasteiger partial charge in [-0.2, -0.15) is 17.9 Å². The summed E-state index contributed by atoms with van der Waals surface area (Å²) in [6.45, 7) is 0. The number of hydrogen-bond acceptors (Lipinski definition) is 5. The van der Waals surface area contributed by atoms with E-state index in [2.05, 4.69) is 29.5 Å². The van der Waals surface area contributed by atoms with Crippen LogP contribution < -0.4 is 0 Å². The van der Waals surface area contributed by atoms with Gasteiger partial charge in [-0.05, 0) is 0 Å². The second-order valence-corrected chi connectivity index (χ2v) is 2.74. The third-order valence-corrected chi connectivity index (χ3v) is 1.64. The van der Waals surface area contributed by atoms with Crippen molar-refractivity contribution in [2.75, 3.05) is 5.75 Å². The molecule has 15 heavy (non-hydrogen) atoms. The number of hydrogen-bond donors (Lipinski definition) is 1. The van der Waals surface area contributed by atoms with E-state index in [-0.39, 0.29) is 11.4 Å². The first-order valence-corrected chi connectivity index (χ1v) is 4.46. The summed E-state index contributed by atoms with van der Waals surface area (Å²) < 4.78 is 0. The molecule has 1 rings (SSSR count). The summed E-state index contributed by atoms with van der Waals surface area (Å²) in [5, 5.41) is 19.1. The van der Waals surface area contributed by atoms with E-state index in [0.717, 1.165) is 0 Å². The normalized spacial score (nSPS) is 8.53. The molecule has 1 aromatic heterocycles. The van der Waals surface area contributed by atoms with Crippen molar-refractivity contribution < 1.29 is 4.92 Å². The van der Waals surface area contributed by atoms with Crippen molar-refractivity contribution >= 4 is 18.3 Å². The minimum absolute atomic E-state index is 0.212. The van der Waals surface area contributed by atoms with Crippen LogP contribution in [0.3, 0.4) is 0 Å². The molecule has 0 bridgehead atoms. The van der Waals surface area contributed by atoms with E-state index in [9.17, 15) is 10.1 Å². The molecular formula is C9H5N3O2S. The van der Waals surface area contributed by atoms with E-state index in [1.54, 1.807) is 6.07 Å². The van der Waals surface area contributed by atoms with Crippen LogP contribution in [-0.2, 0) is 0 Å². The first-order valence-electron chi connectivity index (χ1n) is 3.83. The van der Waals surface area contributed by atoms with Gasteiger partial charge in [-0.3, -0.25) is 10.1 Å². The van der Waals surface area contributed by atoms with E-state index in [1.807, 2.05) is 0 Å². The smallest absolute Gasteiger partial charge is 0.258 e. The summed E-state index contributed by atoms with van der Waals surface area (Å²) in [4.78, 5) is 13.5. The van der Waals surface area contributed by atoms with E-state index in [1.165, 1.54) is 12.3 Å². The molecule has 6 heteroatoms. The Kier molecular flexibility index (Phi) is 3.67. The van der Waals surface area contributed by atoms with Crippen molar-refractivity contribution in [1.29, 1.82) is 5.26 Å². The maximum Gasteiger partial charge on any atom is 0.306 e. The number of nitriles is 1. The van der Waals surface area contributed by atoms with Crippen LogP contribution in [0.4, 0.5) is 5.69 Å². The third kappa shape index (κ3) is 2.70. The zero-order chi connectivity index (χ0) is 11.3. The molecule has 0 saturated carbocycles. The number of thiol groups is 1. The van der Waals surface area contributed by atoms with Crippen molar-refractivity contribution in [2.45, 2.75) is 0 Å². The molecule has 0 aliphatic rings. The molecule has 5 nitrogen and oxygen atoms in total. The molecule has 0 fully saturated rings. The number of rotatable bonds is 1. The molecular weight excluding hydrogens is 214 g/mol. The second-order valence-electron chi connectivity index (χ2n) is 2.42. The Morgan fingerprint density at radius 2 is 2.40 bits per heavy atom. The van der Waals surface area contributed by atoms with Gasteiger partial charge in [-0.15, -0.1) is 0 Å². The lowest BCUT2D eigenvalue weighted by molar-refractivity contribution is -0.385. The highest BCUT2D eigenvalue weighted by molar-refractivity contribution is 7.80. The monoisotopic (exact) mass is 219 g/mol. The van der Waals surface area contributed by atoms with Gasteiger partial charge in [0.05, 0.1) is 10.7 Å². The second kappa shape index (κ2) is 4.99. The van der Waals surface area contributed by atoms with Gasteiger partial charge < -0.3 is 0 Å². The quantitative estimate of drug-likeness (QED) is 0.332. The predicted molar refractivity (Wildman–Crippen MR) is 56.3 cm³/mol.